The Labute approximate surface area is 323 Å². The van der Waals surface area contributed by atoms with E-state index >= 15 is 0 Å². The number of hydrogen-bond donors (Lipinski definition) is 0. The van der Waals surface area contributed by atoms with Crippen molar-refractivity contribution in [1.82, 2.24) is 0 Å². The van der Waals surface area contributed by atoms with Crippen LogP contribution in [0.4, 0.5) is 0 Å². The van der Waals surface area contributed by atoms with Crippen molar-refractivity contribution in [1.29, 1.82) is 0 Å². The fourth-order valence-electron chi connectivity index (χ4n) is 6.84. The lowest BCUT2D eigenvalue weighted by atomic mass is 9.86. The topological polar surface area (TPSA) is 13.1 Å². The maximum Gasteiger partial charge on any atom is 0.136 e. The molecule has 0 aliphatic rings. The van der Waals surface area contributed by atoms with Gasteiger partial charge in [-0.2, -0.15) is 0 Å². The summed E-state index contributed by atoms with van der Waals surface area (Å²) in [5.74, 6) is 0. The third kappa shape index (κ3) is 5.18. The molecule has 0 aliphatic heterocycles. The standard InChI is InChI=1S/C50H34O/c1-3-12-33(13-4-1)29-46-41-16-7-9-18-43(41)47(44-19-10-8-17-42(44)46)30-34-22-23-37-31-38(25-24-36(37)28-34)39-26-27-45-49(32-39)51-48-21-11-20-40(50(45)48)35-14-5-2-6-15-35/h1-28,31-32H,29-30H2/i1D,3D,4D,7D,8D,9D,10D,12D,13D,16D,17D,18D,19D,22D,23D,24D,25D,28D,31D. The molecule has 1 heterocycles. The Balaban J connectivity index is 1.22. The Kier molecular flexibility index (Phi) is 3.83. The average molecular weight is 670 g/mol. The van der Waals surface area contributed by atoms with Gasteiger partial charge in [0.05, 0.1) is 26.0 Å². The second-order valence-electron chi connectivity index (χ2n) is 12.1. The van der Waals surface area contributed by atoms with Gasteiger partial charge in [0.25, 0.3) is 0 Å². The molecule has 9 aromatic carbocycles. The van der Waals surface area contributed by atoms with Gasteiger partial charge in [0, 0.05) is 10.8 Å². The SMILES string of the molecule is [2H]c1c([2H])c([2H])c(Cc2c3c([2H])c([2H])c([2H])c([2H])c3c(Cc3c([2H])c([2H])c4c([2H])c(-c5ccc6c(c5)oc5cccc(-c7ccccc7)c56)c([2H])c([2H])c4c3[2H])c3c([2H])c([2H])c([2H])c([2H])c23)c([2H])c1[2H]. The molecule has 0 N–H and O–H groups in total. The summed E-state index contributed by atoms with van der Waals surface area (Å²) in [5, 5.41) is -0.232. The first-order valence-electron chi connectivity index (χ1n) is 25.7. The van der Waals surface area contributed by atoms with Gasteiger partial charge in [-0.15, -0.1) is 0 Å². The zero-order valence-electron chi connectivity index (χ0n) is 45.7. The van der Waals surface area contributed by atoms with Crippen molar-refractivity contribution in [2.24, 2.45) is 0 Å². The van der Waals surface area contributed by atoms with Crippen LogP contribution < -0.4 is 0 Å². The van der Waals surface area contributed by atoms with Crippen molar-refractivity contribution in [3.05, 3.63) is 204 Å². The van der Waals surface area contributed by atoms with Crippen LogP contribution >= 0.6 is 0 Å². The second kappa shape index (κ2) is 12.2. The first-order valence-corrected chi connectivity index (χ1v) is 16.2. The van der Waals surface area contributed by atoms with E-state index in [2.05, 4.69) is 0 Å². The normalized spacial score (nSPS) is 16.9. The number of rotatable bonds is 6. The summed E-state index contributed by atoms with van der Waals surface area (Å²) in [6.45, 7) is 0. The van der Waals surface area contributed by atoms with Gasteiger partial charge >= 0.3 is 0 Å². The molecular weight excluding hydrogens is 617 g/mol. The highest BCUT2D eigenvalue weighted by Crippen LogP contribution is 2.39. The monoisotopic (exact) mass is 669 g/mol. The lowest BCUT2D eigenvalue weighted by Gasteiger charge is -2.17. The molecule has 0 bridgehead atoms. The van der Waals surface area contributed by atoms with E-state index in [4.69, 9.17) is 16.8 Å². The van der Waals surface area contributed by atoms with E-state index in [0.29, 0.717) is 16.7 Å². The van der Waals surface area contributed by atoms with E-state index in [-0.39, 0.29) is 60.1 Å². The molecule has 0 saturated heterocycles. The molecule has 0 amide bonds. The predicted octanol–water partition coefficient (Wildman–Crippen LogP) is 13.6. The van der Waals surface area contributed by atoms with Crippen LogP contribution in [-0.2, 0) is 12.8 Å². The van der Waals surface area contributed by atoms with Crippen LogP contribution in [0.3, 0.4) is 0 Å². The summed E-state index contributed by atoms with van der Waals surface area (Å²) in [4.78, 5) is 0. The van der Waals surface area contributed by atoms with E-state index in [0.717, 1.165) is 21.9 Å². The van der Waals surface area contributed by atoms with E-state index in [1.807, 2.05) is 48.5 Å². The molecule has 1 nitrogen and oxygen atoms in total. The van der Waals surface area contributed by atoms with Crippen molar-refractivity contribution >= 4 is 54.3 Å². The van der Waals surface area contributed by atoms with Gasteiger partial charge < -0.3 is 4.42 Å². The fraction of sp³-hybridized carbons (Fsp3) is 0.0400. The van der Waals surface area contributed by atoms with Gasteiger partial charge in [0.1, 0.15) is 11.2 Å². The first-order chi connectivity index (χ1) is 33.2. The molecule has 1 aromatic heterocycles. The van der Waals surface area contributed by atoms with Gasteiger partial charge in [0.2, 0.25) is 0 Å². The van der Waals surface area contributed by atoms with Gasteiger partial charge in [0.15, 0.2) is 0 Å². The van der Waals surface area contributed by atoms with Crippen molar-refractivity contribution in [3.63, 3.8) is 0 Å². The zero-order chi connectivity index (χ0) is 50.3. The molecule has 0 atom stereocenters. The van der Waals surface area contributed by atoms with Crippen LogP contribution in [0, 0.1) is 0 Å². The van der Waals surface area contributed by atoms with Crippen LogP contribution in [-0.4, -0.2) is 0 Å². The summed E-state index contributed by atoms with van der Waals surface area (Å²) in [6.07, 6.45) is -1.32. The Morgan fingerprint density at radius 2 is 1.08 bits per heavy atom. The van der Waals surface area contributed by atoms with Crippen LogP contribution in [0.5, 0.6) is 0 Å². The summed E-state index contributed by atoms with van der Waals surface area (Å²) in [7, 11) is 0. The summed E-state index contributed by atoms with van der Waals surface area (Å²) < 4.78 is 176. The van der Waals surface area contributed by atoms with E-state index < -0.39 is 128 Å². The Morgan fingerprint density at radius 3 is 1.80 bits per heavy atom. The van der Waals surface area contributed by atoms with Gasteiger partial charge in [-0.3, -0.25) is 0 Å². The number of hydrogen-bond acceptors (Lipinski definition) is 1. The van der Waals surface area contributed by atoms with Crippen molar-refractivity contribution in [2.45, 2.75) is 12.8 Å². The molecule has 10 rings (SSSR count). The fourth-order valence-corrected chi connectivity index (χ4v) is 6.84. The molecule has 0 aliphatic carbocycles. The highest BCUT2D eigenvalue weighted by molar-refractivity contribution is 6.13. The van der Waals surface area contributed by atoms with Crippen LogP contribution in [0.1, 0.15) is 48.3 Å². The van der Waals surface area contributed by atoms with Crippen molar-refractivity contribution in [2.75, 3.05) is 0 Å². The minimum Gasteiger partial charge on any atom is -0.456 e. The molecule has 51 heavy (non-hydrogen) atoms. The summed E-state index contributed by atoms with van der Waals surface area (Å²) in [5.41, 5.74) is 2.16. The third-order valence-electron chi connectivity index (χ3n) is 9.14. The molecule has 240 valence electrons. The lowest BCUT2D eigenvalue weighted by molar-refractivity contribution is 0.669. The van der Waals surface area contributed by atoms with E-state index in [1.54, 1.807) is 18.2 Å². The molecule has 0 unspecified atom stereocenters. The third-order valence-corrected chi connectivity index (χ3v) is 9.14. The van der Waals surface area contributed by atoms with E-state index in [1.165, 1.54) is 0 Å². The number of furan rings is 1. The largest absolute Gasteiger partial charge is 0.456 e. The van der Waals surface area contributed by atoms with Gasteiger partial charge in [-0.1, -0.05) is 157 Å². The molecule has 0 fully saturated rings. The molecule has 0 radical (unpaired) electrons. The van der Waals surface area contributed by atoms with E-state index in [9.17, 15) is 13.7 Å². The van der Waals surface area contributed by atoms with Crippen LogP contribution in [0.15, 0.2) is 186 Å². The Bertz CT molecular complexity index is 3880. The van der Waals surface area contributed by atoms with Gasteiger partial charge in [-0.25, -0.2) is 0 Å². The minimum atomic E-state index is -0.749. The molecular formula is C50H34O. The number of benzene rings is 9. The molecule has 1 heteroatoms. The highest BCUT2D eigenvalue weighted by atomic mass is 16.3. The quantitative estimate of drug-likeness (QED) is 0.161. The minimum absolute atomic E-state index is 0.0538. The van der Waals surface area contributed by atoms with Crippen molar-refractivity contribution in [3.8, 4) is 22.3 Å². The van der Waals surface area contributed by atoms with Crippen LogP contribution in [0.25, 0.3) is 76.5 Å². The summed E-state index contributed by atoms with van der Waals surface area (Å²) >= 11 is 0. The summed E-state index contributed by atoms with van der Waals surface area (Å²) in [6, 6.07) is 8.23. The first kappa shape index (κ1) is 16.1. The van der Waals surface area contributed by atoms with Crippen LogP contribution in [0.2, 0.25) is 0 Å². The Morgan fingerprint density at radius 1 is 0.431 bits per heavy atom. The molecule has 0 saturated carbocycles. The maximum absolute atomic E-state index is 9.55. The van der Waals surface area contributed by atoms with Crippen molar-refractivity contribution < 1.29 is 30.5 Å². The Hall–Kier alpha value is -6.44. The maximum atomic E-state index is 9.55. The predicted molar refractivity (Wildman–Crippen MR) is 216 cm³/mol. The van der Waals surface area contributed by atoms with Gasteiger partial charge in [-0.05, 0) is 114 Å². The molecule has 10 aromatic rings. The highest BCUT2D eigenvalue weighted by Gasteiger charge is 2.16. The second-order valence-corrected chi connectivity index (χ2v) is 12.1. The smallest absolute Gasteiger partial charge is 0.136 e. The molecule has 0 spiro atoms. The average Bonchev–Trinajstić information content (AvgIpc) is 3.73. The number of fused-ring (bicyclic) bond motifs is 6. The lowest BCUT2D eigenvalue weighted by Crippen LogP contribution is -1.98. The zero-order valence-corrected chi connectivity index (χ0v) is 26.7.